The lowest BCUT2D eigenvalue weighted by molar-refractivity contribution is 0.0229. The number of rotatable bonds is 0. The monoisotopic (exact) mass is 253 g/mol. The van der Waals surface area contributed by atoms with E-state index in [1.807, 2.05) is 6.07 Å². The molecule has 0 unspecified atom stereocenters. The molecule has 94 valence electrons. The number of aromatic nitrogens is 2. The van der Waals surface area contributed by atoms with Crippen LogP contribution in [0.3, 0.4) is 0 Å². The van der Waals surface area contributed by atoms with E-state index in [0.29, 0.717) is 16.5 Å². The highest BCUT2D eigenvalue weighted by Gasteiger charge is 2.39. The minimum atomic E-state index is -1.51. The van der Waals surface area contributed by atoms with Crippen molar-refractivity contribution in [2.75, 3.05) is 0 Å². The van der Waals surface area contributed by atoms with Gasteiger partial charge in [-0.1, -0.05) is 12.1 Å². The third-order valence-corrected chi connectivity index (χ3v) is 3.63. The van der Waals surface area contributed by atoms with E-state index < -0.39 is 5.72 Å². The van der Waals surface area contributed by atoms with Gasteiger partial charge in [-0.25, -0.2) is 4.98 Å². The first-order chi connectivity index (χ1) is 8.98. The molecule has 0 radical (unpaired) electrons. The van der Waals surface area contributed by atoms with E-state index in [1.54, 1.807) is 31.2 Å². The molecule has 1 aliphatic heterocycles. The summed E-state index contributed by atoms with van der Waals surface area (Å²) in [6, 6.07) is 8.92. The van der Waals surface area contributed by atoms with Gasteiger partial charge in [-0.2, -0.15) is 5.26 Å². The van der Waals surface area contributed by atoms with Crippen molar-refractivity contribution in [3.63, 3.8) is 0 Å². The van der Waals surface area contributed by atoms with Gasteiger partial charge in [0.15, 0.2) is 11.5 Å². The summed E-state index contributed by atoms with van der Waals surface area (Å²) in [4.78, 5) is 16.8. The van der Waals surface area contributed by atoms with Crippen LogP contribution in [-0.4, -0.2) is 14.7 Å². The summed E-state index contributed by atoms with van der Waals surface area (Å²) in [5, 5.41) is 20.1. The zero-order valence-electron chi connectivity index (χ0n) is 10.5. The van der Waals surface area contributed by atoms with Crippen LogP contribution in [0.15, 0.2) is 34.6 Å². The third kappa shape index (κ3) is 1.32. The van der Waals surface area contributed by atoms with Crippen molar-refractivity contribution >= 4 is 16.5 Å². The van der Waals surface area contributed by atoms with E-state index in [0.717, 1.165) is 0 Å². The van der Waals surface area contributed by atoms with Crippen LogP contribution in [0.1, 0.15) is 19.7 Å². The van der Waals surface area contributed by atoms with Crippen LogP contribution in [0.5, 0.6) is 0 Å². The highest BCUT2D eigenvalue weighted by molar-refractivity contribution is 5.85. The molecule has 0 amide bonds. The number of allylic oxidation sites excluding steroid dienone is 1. The molecule has 0 bridgehead atoms. The molecule has 1 aliphatic rings. The molecule has 0 saturated heterocycles. The molecule has 0 aliphatic carbocycles. The van der Waals surface area contributed by atoms with Crippen molar-refractivity contribution in [3.8, 4) is 6.07 Å². The number of nitriles is 1. The molecule has 19 heavy (non-hydrogen) atoms. The summed E-state index contributed by atoms with van der Waals surface area (Å²) in [6.45, 7) is 3.13. The summed E-state index contributed by atoms with van der Waals surface area (Å²) >= 11 is 0. The summed E-state index contributed by atoms with van der Waals surface area (Å²) in [5.41, 5.74) is -0.621. The van der Waals surface area contributed by atoms with Crippen molar-refractivity contribution in [3.05, 3.63) is 46.0 Å². The number of fused-ring (bicyclic) bond motifs is 2. The SMILES string of the molecule is CC1=C(C#N)c2nc3ccccc3c(=O)n2[C@]1(C)O. The van der Waals surface area contributed by atoms with Crippen LogP contribution in [0.4, 0.5) is 0 Å². The second kappa shape index (κ2) is 3.53. The van der Waals surface area contributed by atoms with Crippen LogP contribution < -0.4 is 5.56 Å². The second-order valence-electron chi connectivity index (χ2n) is 4.73. The molecule has 1 N–H and O–H groups in total. The number of benzene rings is 1. The number of hydrogen-bond acceptors (Lipinski definition) is 4. The fourth-order valence-corrected chi connectivity index (χ4v) is 2.41. The maximum absolute atomic E-state index is 12.5. The summed E-state index contributed by atoms with van der Waals surface area (Å²) in [7, 11) is 0. The first-order valence-corrected chi connectivity index (χ1v) is 5.85. The van der Waals surface area contributed by atoms with Gasteiger partial charge in [-0.15, -0.1) is 0 Å². The van der Waals surface area contributed by atoms with Crippen LogP contribution in [0.25, 0.3) is 16.5 Å². The highest BCUT2D eigenvalue weighted by Crippen LogP contribution is 2.36. The summed E-state index contributed by atoms with van der Waals surface area (Å²) in [6.07, 6.45) is 0. The number of nitrogens with zero attached hydrogens (tertiary/aromatic N) is 3. The average molecular weight is 253 g/mol. The molecular formula is C14H11N3O2. The minimum absolute atomic E-state index is 0.230. The topological polar surface area (TPSA) is 78.9 Å². The summed E-state index contributed by atoms with van der Waals surface area (Å²) in [5.74, 6) is 0.230. The molecule has 5 nitrogen and oxygen atoms in total. The Morgan fingerprint density at radius 1 is 1.42 bits per heavy atom. The minimum Gasteiger partial charge on any atom is -0.367 e. The number of aliphatic hydroxyl groups is 1. The number of hydrogen-bond donors (Lipinski definition) is 1. The van der Waals surface area contributed by atoms with Crippen LogP contribution >= 0.6 is 0 Å². The number of para-hydroxylation sites is 1. The van der Waals surface area contributed by atoms with Gasteiger partial charge in [0.2, 0.25) is 0 Å². The van der Waals surface area contributed by atoms with Crippen LogP contribution in [0.2, 0.25) is 0 Å². The maximum Gasteiger partial charge on any atom is 0.264 e. The Hall–Kier alpha value is -2.45. The van der Waals surface area contributed by atoms with Crippen molar-refractivity contribution in [1.82, 2.24) is 9.55 Å². The van der Waals surface area contributed by atoms with Gasteiger partial charge in [-0.05, 0) is 26.0 Å². The molecule has 0 saturated carbocycles. The van der Waals surface area contributed by atoms with Crippen molar-refractivity contribution in [1.29, 1.82) is 5.26 Å². The van der Waals surface area contributed by atoms with E-state index >= 15 is 0 Å². The van der Waals surface area contributed by atoms with Gasteiger partial charge in [-0.3, -0.25) is 9.36 Å². The van der Waals surface area contributed by atoms with E-state index in [-0.39, 0.29) is 17.0 Å². The average Bonchev–Trinajstić information content (AvgIpc) is 2.57. The Balaban J connectivity index is 2.54. The fourth-order valence-electron chi connectivity index (χ4n) is 2.41. The Bertz CT molecular complexity index is 838. The maximum atomic E-state index is 12.5. The molecule has 2 aromatic rings. The molecule has 5 heteroatoms. The van der Waals surface area contributed by atoms with E-state index in [9.17, 15) is 15.2 Å². The Labute approximate surface area is 109 Å². The predicted molar refractivity (Wildman–Crippen MR) is 70.1 cm³/mol. The fraction of sp³-hybridized carbons (Fsp3) is 0.214. The van der Waals surface area contributed by atoms with E-state index in [1.165, 1.54) is 11.5 Å². The smallest absolute Gasteiger partial charge is 0.264 e. The zero-order valence-corrected chi connectivity index (χ0v) is 10.5. The predicted octanol–water partition coefficient (Wildman–Crippen LogP) is 1.37. The van der Waals surface area contributed by atoms with E-state index in [4.69, 9.17) is 0 Å². The van der Waals surface area contributed by atoms with Crippen LogP contribution in [0, 0.1) is 11.3 Å². The van der Waals surface area contributed by atoms with Gasteiger partial charge in [0.05, 0.1) is 16.5 Å². The van der Waals surface area contributed by atoms with Gasteiger partial charge in [0.25, 0.3) is 5.56 Å². The molecule has 3 rings (SSSR count). The van der Waals surface area contributed by atoms with E-state index in [2.05, 4.69) is 4.98 Å². The quantitative estimate of drug-likeness (QED) is 0.769. The van der Waals surface area contributed by atoms with Gasteiger partial charge in [0, 0.05) is 5.57 Å². The zero-order chi connectivity index (χ0) is 13.8. The van der Waals surface area contributed by atoms with Gasteiger partial charge < -0.3 is 5.11 Å². The molecule has 0 fully saturated rings. The standard InChI is InChI=1S/C14H11N3O2/c1-8-10(7-15)12-16-11-6-4-3-5-9(11)13(18)17(12)14(8,2)19/h3-6,19H,1-2H3/t14-/m1/s1. The molecule has 2 heterocycles. The lowest BCUT2D eigenvalue weighted by Gasteiger charge is -2.22. The Morgan fingerprint density at radius 3 is 2.79 bits per heavy atom. The normalized spacial score (nSPS) is 21.6. The molecule has 0 spiro atoms. The molecule has 1 aromatic heterocycles. The highest BCUT2D eigenvalue weighted by atomic mass is 16.3. The van der Waals surface area contributed by atoms with Crippen LogP contribution in [-0.2, 0) is 5.72 Å². The van der Waals surface area contributed by atoms with Gasteiger partial charge >= 0.3 is 0 Å². The lowest BCUT2D eigenvalue weighted by Crippen LogP contribution is -2.38. The second-order valence-corrected chi connectivity index (χ2v) is 4.73. The lowest BCUT2D eigenvalue weighted by atomic mass is 10.1. The summed E-state index contributed by atoms with van der Waals surface area (Å²) < 4.78 is 1.18. The van der Waals surface area contributed by atoms with Crippen molar-refractivity contribution in [2.45, 2.75) is 19.6 Å². The molecular weight excluding hydrogens is 242 g/mol. The van der Waals surface area contributed by atoms with Crippen molar-refractivity contribution in [2.24, 2.45) is 0 Å². The third-order valence-electron chi connectivity index (χ3n) is 3.63. The van der Waals surface area contributed by atoms with Gasteiger partial charge in [0.1, 0.15) is 6.07 Å². The molecule has 1 atom stereocenters. The van der Waals surface area contributed by atoms with Crippen molar-refractivity contribution < 1.29 is 5.11 Å². The Kier molecular flexibility index (Phi) is 2.16. The largest absolute Gasteiger partial charge is 0.367 e. The first-order valence-electron chi connectivity index (χ1n) is 5.85. The first kappa shape index (κ1) is 11.6. The molecule has 1 aromatic carbocycles. The Morgan fingerprint density at radius 2 is 2.11 bits per heavy atom.